The van der Waals surface area contributed by atoms with Crippen LogP contribution < -0.4 is 72.0 Å². The number of phenols is 4. The molecule has 41 nitrogen and oxygen atoms in total. The van der Waals surface area contributed by atoms with E-state index >= 15 is 24.0 Å². The summed E-state index contributed by atoms with van der Waals surface area (Å²) in [6.07, 6.45) is -28.7. The van der Waals surface area contributed by atoms with Crippen LogP contribution in [0.4, 0.5) is 0 Å². The minimum atomic E-state index is -2.58. The summed E-state index contributed by atoms with van der Waals surface area (Å²) in [7, 11) is 0. The van der Waals surface area contributed by atoms with Crippen molar-refractivity contribution < 1.29 is 158 Å². The van der Waals surface area contributed by atoms with Crippen molar-refractivity contribution in [3.63, 3.8) is 0 Å². The summed E-state index contributed by atoms with van der Waals surface area (Å²) < 4.78 is 57.9. The zero-order valence-corrected chi connectivity index (χ0v) is 71.5. The van der Waals surface area contributed by atoms with Crippen molar-refractivity contribution in [3.05, 3.63) is 224 Å². The molecule has 3 fully saturated rings. The summed E-state index contributed by atoms with van der Waals surface area (Å²) >= 11 is 14.8. The first kappa shape index (κ1) is 94.1. The highest BCUT2D eigenvalue weighted by Gasteiger charge is 2.52. The summed E-state index contributed by atoms with van der Waals surface area (Å²) in [6, 6.07) is 18.0. The summed E-state index contributed by atoms with van der Waals surface area (Å²) in [5, 5.41) is 192. The van der Waals surface area contributed by atoms with Gasteiger partial charge in [-0.15, -0.1) is 0 Å². The number of carbonyl (C=O) groups is 8. The number of aliphatic hydroxyl groups is 10. The summed E-state index contributed by atoms with van der Waals surface area (Å²) in [6.45, 7) is -2.20. The number of hydrogen-bond acceptors (Lipinski definition) is 33. The van der Waals surface area contributed by atoms with Gasteiger partial charge in [-0.05, 0) is 129 Å². The highest BCUT2D eigenvalue weighted by molar-refractivity contribution is 6.32. The zero-order valence-electron chi connectivity index (χ0n) is 70.0. The largest absolute Gasteiger partial charge is 0.508 e. The lowest BCUT2D eigenvalue weighted by Crippen LogP contribution is -2.65. The molecule has 43 heteroatoms. The molecule has 704 valence electrons. The molecule has 9 aromatic carbocycles. The van der Waals surface area contributed by atoms with Gasteiger partial charge in [0.15, 0.2) is 35.3 Å². The smallest absolute Gasteiger partial charge is 0.330 e. The molecule has 18 rings (SSSR count). The number of aliphatic hydroxyl groups excluding tert-OH is 10. The molecule has 0 aliphatic carbocycles. The first-order chi connectivity index (χ1) is 64.1. The van der Waals surface area contributed by atoms with Gasteiger partial charge in [0.05, 0.1) is 35.9 Å². The van der Waals surface area contributed by atoms with E-state index < -0.39 is 299 Å². The van der Waals surface area contributed by atoms with Crippen molar-refractivity contribution in [2.75, 3.05) is 19.8 Å². The maximum Gasteiger partial charge on any atom is 0.330 e. The average molecular weight is 1890 g/mol. The van der Waals surface area contributed by atoms with Crippen LogP contribution in [-0.4, -0.2) is 248 Å². The number of aliphatic carboxylic acids is 1. The van der Waals surface area contributed by atoms with Crippen LogP contribution in [0, 0.1) is 0 Å². The van der Waals surface area contributed by atoms with Gasteiger partial charge in [0, 0.05) is 48.7 Å². The number of nitrogens with two attached hydrogens (primary N) is 1. The predicted octanol–water partition coefficient (Wildman–Crippen LogP) is 1.36. The number of nitrogens with one attached hydrogen (secondary N) is 8. The fraction of sp³-hybridized carbons (Fsp3) is 0.319. The van der Waals surface area contributed by atoms with E-state index in [4.69, 9.17) is 71.6 Å². The Morgan fingerprint density at radius 3 is 1.68 bits per heavy atom. The first-order valence-corrected chi connectivity index (χ1v) is 42.5. The third kappa shape index (κ3) is 19.4. The fourth-order valence-electron chi connectivity index (χ4n) is 16.8. The van der Waals surface area contributed by atoms with Crippen LogP contribution >= 0.6 is 23.2 Å². The van der Waals surface area contributed by atoms with E-state index in [1.165, 1.54) is 30.3 Å². The Morgan fingerprint density at radius 2 is 1.04 bits per heavy atom. The van der Waals surface area contributed by atoms with Crippen LogP contribution in [0.5, 0.6) is 69.0 Å². The van der Waals surface area contributed by atoms with Gasteiger partial charge in [-0.2, -0.15) is 0 Å². The van der Waals surface area contributed by atoms with Gasteiger partial charge in [0.2, 0.25) is 59.7 Å². The molecule has 0 unspecified atom stereocenters. The quantitative estimate of drug-likeness (QED) is 0.0689. The number of carbonyl (C=O) groups excluding carboxylic acids is 7. The fourth-order valence-corrected chi connectivity index (χ4v) is 17.2. The molecule has 7 amide bonds. The lowest BCUT2D eigenvalue weighted by atomic mass is 9.89. The Labute approximate surface area is 768 Å². The molecule has 9 aliphatic heterocycles. The SMILES string of the molecule is CC(=O)N[C@H]1[C@H](O[C@@H]2c3ccc(c(Cl)c3)Oc3cc4cc(c3O[C@@H]3O[C@H](CO)[C@@H](O)[C@H](O)[C@H]3NCc3ccc(-c5ccccc5)cc3)Oc3ccc(cc3Cl)C[C@H]3NC(=O)[C@H](N)c5ccc(O)c(c5)Oc5cc(O)cc(c5)[C@H](NC3=O)C(=O)N[C@H]4C(=O)N[C@H]3C(=O)N[C@@H]2C(=O)N[C@H](C(=O)O)c2cc(O)cc(O[C@H]4O[C@H](CO)[C@@H](O)[C@H](O)[C@@H]4O)c2-c2cc3ccc2O)O[C@H](CO)[C@@H](O)[C@@H]1O. The molecule has 134 heavy (non-hydrogen) atoms. The number of benzene rings is 9. The van der Waals surface area contributed by atoms with Gasteiger partial charge in [0.1, 0.15) is 150 Å². The van der Waals surface area contributed by atoms with Gasteiger partial charge in [-0.1, -0.05) is 102 Å². The van der Waals surface area contributed by atoms with Gasteiger partial charge in [-0.3, -0.25) is 33.6 Å². The minimum Gasteiger partial charge on any atom is -0.508 e. The minimum absolute atomic E-state index is 0.0344. The van der Waals surface area contributed by atoms with Crippen molar-refractivity contribution in [1.82, 2.24) is 42.5 Å². The number of halogens is 2. The van der Waals surface area contributed by atoms with E-state index in [2.05, 4.69) is 42.5 Å². The Balaban J connectivity index is 0.947. The highest BCUT2D eigenvalue weighted by atomic mass is 35.5. The van der Waals surface area contributed by atoms with Crippen molar-refractivity contribution in [3.8, 4) is 91.2 Å². The van der Waals surface area contributed by atoms with Crippen LogP contribution in [0.15, 0.2) is 170 Å². The van der Waals surface area contributed by atoms with Crippen LogP contribution in [0.3, 0.4) is 0 Å². The van der Waals surface area contributed by atoms with Crippen LogP contribution in [0.25, 0.3) is 22.3 Å². The Kier molecular flexibility index (Phi) is 27.5. The second kappa shape index (κ2) is 39.2. The number of rotatable bonds is 15. The number of amides is 7. The molecule has 9 aliphatic rings. The second-order valence-corrected chi connectivity index (χ2v) is 33.5. The molecule has 23 atom stereocenters. The third-order valence-electron chi connectivity index (χ3n) is 23.7. The van der Waals surface area contributed by atoms with Gasteiger partial charge in [0.25, 0.3) is 0 Å². The van der Waals surface area contributed by atoms with Crippen molar-refractivity contribution in [1.29, 1.82) is 0 Å². The predicted molar refractivity (Wildman–Crippen MR) is 461 cm³/mol. The van der Waals surface area contributed by atoms with Crippen LogP contribution in [0.1, 0.15) is 87.7 Å². The number of carboxylic acid groups (broad SMARTS) is 1. The summed E-state index contributed by atoms with van der Waals surface area (Å²) in [5.74, 6) is -18.5. The Bertz CT molecular complexity index is 6030. The van der Waals surface area contributed by atoms with Crippen molar-refractivity contribution in [2.45, 2.75) is 160 Å². The first-order valence-electron chi connectivity index (χ1n) is 41.8. The molecule has 0 saturated carbocycles. The molecule has 25 N–H and O–H groups in total. The normalized spacial score (nSPS) is 28.6. The number of phenolic OH excluding ortho intramolecular Hbond substituents is 4. The number of ether oxygens (including phenoxy) is 9. The molecule has 9 heterocycles. The third-order valence-corrected chi connectivity index (χ3v) is 24.3. The maximum atomic E-state index is 17.1. The number of aromatic hydroxyl groups is 4. The van der Waals surface area contributed by atoms with Crippen LogP contribution in [-0.2, 0) is 70.3 Å². The second-order valence-electron chi connectivity index (χ2n) is 32.7. The monoisotopic (exact) mass is 1890 g/mol. The van der Waals surface area contributed by atoms with Gasteiger partial charge < -0.3 is 167 Å². The van der Waals surface area contributed by atoms with Gasteiger partial charge >= 0.3 is 5.97 Å². The van der Waals surface area contributed by atoms with Gasteiger partial charge in [-0.25, -0.2) is 4.79 Å². The van der Waals surface area contributed by atoms with E-state index in [0.29, 0.717) is 5.56 Å². The summed E-state index contributed by atoms with van der Waals surface area (Å²) in [5.41, 5.74) is 5.26. The standard InChI is InChI=1S/C91H89Cl2N9O32/c1-35(106)96-71-77(115)74(112)62(33-104)131-90(71)133-80-42-14-18-56(51(93)24-42)128-60-27-44-26-59(81(60)134-89-70(76(114)73(111)61(32-103)130-89)95-31-36-7-10-39(11-8-36)38-5-3-2-4-6-38)127-55-17-9-37(19-50(55)92)20-52-82(118)98-67(43-21-45(107)28-47(22-43)126-57-25-40(12-16-54(57)110)65(94)83(119)97-52)85(121)100-68(44)86(122)99-66-41-13-15-53(109)48(23-41)64-49(69(88(124)125)101-87(123)72(80)102-84(66)120)29-46(108)30-58(64)129-91-79(117)78(116)75(113)63(34-105)132-91/h2-19,21-30,52,61-63,65-80,89-91,95,103-105,107-117H,20,31-34,94H2,1H3,(H,96,106)(H,97,119)(H,98,118)(H,99,122)(H,100,121)(H,101,123)(H,102,120)(H,124,125)/t52-,61-,62-,63-,65-,66-,67+,68-,69+,70-,71-,72+,73-,74-,75-,76-,77-,78+,79+,80-,89+,90+,91+/m1/s1. The molecule has 0 spiro atoms. The molecular weight excluding hydrogens is 1800 g/mol. The van der Waals surface area contributed by atoms with Crippen molar-refractivity contribution in [2.24, 2.45) is 5.73 Å². The molecule has 9 aromatic rings. The maximum absolute atomic E-state index is 17.1. The average Bonchev–Trinajstić information content (AvgIpc) is 0.754. The van der Waals surface area contributed by atoms with E-state index in [9.17, 15) is 91.0 Å². The number of hydrogen-bond donors (Lipinski definition) is 24. The Morgan fingerprint density at radius 1 is 0.478 bits per heavy atom. The van der Waals surface area contributed by atoms with Crippen LogP contribution in [0.2, 0.25) is 10.0 Å². The Hall–Kier alpha value is -13.1. The van der Waals surface area contributed by atoms with E-state index in [-0.39, 0.29) is 51.1 Å². The van der Waals surface area contributed by atoms with E-state index in [1.807, 2.05) is 42.5 Å². The molecule has 0 aromatic heterocycles. The van der Waals surface area contributed by atoms with E-state index in [1.54, 1.807) is 12.1 Å². The van der Waals surface area contributed by atoms with E-state index in [0.717, 1.165) is 103 Å². The summed E-state index contributed by atoms with van der Waals surface area (Å²) in [4.78, 5) is 124. The topological polar surface area (TPSA) is 645 Å². The molecule has 17 bridgehead atoms. The lowest BCUT2D eigenvalue weighted by molar-refractivity contribution is -0.284. The molecule has 3 saturated heterocycles. The number of fused-ring (bicyclic) bond motifs is 14. The number of carboxylic acids is 1. The lowest BCUT2D eigenvalue weighted by Gasteiger charge is -2.44. The molecule has 0 radical (unpaired) electrons. The molecular formula is C91H89Cl2N9O32. The zero-order chi connectivity index (χ0) is 95.3. The van der Waals surface area contributed by atoms with Crippen molar-refractivity contribution >= 4 is 70.5 Å². The highest BCUT2D eigenvalue weighted by Crippen LogP contribution is 2.51.